The summed E-state index contributed by atoms with van der Waals surface area (Å²) in [5.41, 5.74) is 6.47. The van der Waals surface area contributed by atoms with Crippen LogP contribution in [0.5, 0.6) is 0 Å². The van der Waals surface area contributed by atoms with E-state index in [0.717, 1.165) is 34.8 Å². The largest absolute Gasteiger partial charge is 0.352 e. The zero-order valence-electron chi connectivity index (χ0n) is 14.3. The lowest BCUT2D eigenvalue weighted by Gasteiger charge is -2.06. The summed E-state index contributed by atoms with van der Waals surface area (Å²) in [7, 11) is 3.85. The van der Waals surface area contributed by atoms with Crippen molar-refractivity contribution < 1.29 is 4.79 Å². The van der Waals surface area contributed by atoms with Crippen molar-refractivity contribution in [2.45, 2.75) is 47.1 Å². The van der Waals surface area contributed by atoms with Crippen molar-refractivity contribution in [3.05, 3.63) is 33.9 Å². The van der Waals surface area contributed by atoms with Crippen LogP contribution in [-0.2, 0) is 31.9 Å². The number of nitrogens with one attached hydrogen (secondary N) is 1. The van der Waals surface area contributed by atoms with Crippen LogP contribution < -0.4 is 5.32 Å². The maximum absolute atomic E-state index is 12.1. The lowest BCUT2D eigenvalue weighted by atomic mass is 10.1. The van der Waals surface area contributed by atoms with Gasteiger partial charge < -0.3 is 5.32 Å². The van der Waals surface area contributed by atoms with Crippen molar-refractivity contribution in [2.24, 2.45) is 14.1 Å². The topological polar surface area (TPSA) is 64.7 Å². The first-order valence-electron chi connectivity index (χ1n) is 7.56. The Kier molecular flexibility index (Phi) is 4.68. The monoisotopic (exact) mass is 303 g/mol. The Morgan fingerprint density at radius 3 is 1.91 bits per heavy atom. The molecule has 0 aliphatic heterocycles. The van der Waals surface area contributed by atoms with Crippen LogP contribution in [0.4, 0.5) is 0 Å². The van der Waals surface area contributed by atoms with Crippen molar-refractivity contribution in [1.82, 2.24) is 24.9 Å². The van der Waals surface area contributed by atoms with Crippen LogP contribution >= 0.6 is 0 Å². The minimum atomic E-state index is 0.0605. The Morgan fingerprint density at radius 2 is 1.45 bits per heavy atom. The summed E-state index contributed by atoms with van der Waals surface area (Å²) in [5, 5.41) is 11.7. The van der Waals surface area contributed by atoms with Crippen molar-refractivity contribution in [1.29, 1.82) is 0 Å². The highest BCUT2D eigenvalue weighted by molar-refractivity contribution is 5.76. The number of hydrogen-bond donors (Lipinski definition) is 1. The summed E-state index contributed by atoms with van der Waals surface area (Å²) in [5.74, 6) is 0.0605. The Labute approximate surface area is 131 Å². The molecule has 22 heavy (non-hydrogen) atoms. The molecule has 0 aliphatic rings. The molecular formula is C16H25N5O. The van der Waals surface area contributed by atoms with E-state index in [0.29, 0.717) is 13.0 Å². The Balaban J connectivity index is 1.91. The molecule has 0 unspecified atom stereocenters. The van der Waals surface area contributed by atoms with Gasteiger partial charge in [-0.3, -0.25) is 14.2 Å². The fraction of sp³-hybridized carbons (Fsp3) is 0.562. The third kappa shape index (κ3) is 3.21. The zero-order chi connectivity index (χ0) is 16.4. The molecular weight excluding hydrogens is 278 g/mol. The second kappa shape index (κ2) is 6.34. The fourth-order valence-corrected chi connectivity index (χ4v) is 2.77. The number of aromatic nitrogens is 4. The molecule has 6 heteroatoms. The summed E-state index contributed by atoms with van der Waals surface area (Å²) in [6.07, 6.45) is 1.20. The predicted octanol–water partition coefficient (Wildman–Crippen LogP) is 1.64. The molecule has 2 aromatic heterocycles. The van der Waals surface area contributed by atoms with Gasteiger partial charge in [-0.25, -0.2) is 0 Å². The molecule has 0 saturated carbocycles. The predicted molar refractivity (Wildman–Crippen MR) is 85.5 cm³/mol. The average Bonchev–Trinajstić information content (AvgIpc) is 2.83. The number of carbonyl (C=O) groups excluding carboxylic acids is 1. The van der Waals surface area contributed by atoms with Crippen LogP contribution in [0.15, 0.2) is 0 Å². The average molecular weight is 303 g/mol. The van der Waals surface area contributed by atoms with Crippen molar-refractivity contribution in [3.8, 4) is 0 Å². The molecule has 2 rings (SSSR count). The van der Waals surface area contributed by atoms with E-state index < -0.39 is 0 Å². The number of hydrogen-bond acceptors (Lipinski definition) is 3. The van der Waals surface area contributed by atoms with Gasteiger partial charge in [0.2, 0.25) is 5.91 Å². The molecule has 1 N–H and O–H groups in total. The smallest absolute Gasteiger partial charge is 0.220 e. The van der Waals surface area contributed by atoms with Gasteiger partial charge in [-0.1, -0.05) is 0 Å². The molecule has 0 atom stereocenters. The highest BCUT2D eigenvalue weighted by atomic mass is 16.1. The minimum absolute atomic E-state index is 0.0605. The number of carbonyl (C=O) groups is 1. The first-order chi connectivity index (χ1) is 10.3. The second-order valence-corrected chi connectivity index (χ2v) is 5.82. The van der Waals surface area contributed by atoms with E-state index >= 15 is 0 Å². The first kappa shape index (κ1) is 16.3. The fourth-order valence-electron chi connectivity index (χ4n) is 2.77. The van der Waals surface area contributed by atoms with E-state index in [-0.39, 0.29) is 5.91 Å². The van der Waals surface area contributed by atoms with Gasteiger partial charge in [-0.05, 0) is 39.7 Å². The van der Waals surface area contributed by atoms with E-state index in [4.69, 9.17) is 0 Å². The van der Waals surface area contributed by atoms with E-state index in [1.54, 1.807) is 0 Å². The summed E-state index contributed by atoms with van der Waals surface area (Å²) >= 11 is 0. The summed E-state index contributed by atoms with van der Waals surface area (Å²) in [6.45, 7) is 8.55. The maximum atomic E-state index is 12.1. The van der Waals surface area contributed by atoms with E-state index in [1.807, 2.05) is 51.2 Å². The van der Waals surface area contributed by atoms with Gasteiger partial charge in [-0.2, -0.15) is 10.2 Å². The summed E-state index contributed by atoms with van der Waals surface area (Å²) in [6, 6.07) is 0. The van der Waals surface area contributed by atoms with Crippen LogP contribution in [0.2, 0.25) is 0 Å². The maximum Gasteiger partial charge on any atom is 0.220 e. The SMILES string of the molecule is Cc1nn(C)c(C)c1CCC(=O)NCc1c(C)nn(C)c1C. The van der Waals surface area contributed by atoms with Gasteiger partial charge in [-0.15, -0.1) is 0 Å². The van der Waals surface area contributed by atoms with Crippen molar-refractivity contribution >= 4 is 5.91 Å². The van der Waals surface area contributed by atoms with Crippen LogP contribution in [0.3, 0.4) is 0 Å². The Hall–Kier alpha value is -2.11. The van der Waals surface area contributed by atoms with Gasteiger partial charge in [0.15, 0.2) is 0 Å². The normalized spacial score (nSPS) is 11.0. The van der Waals surface area contributed by atoms with Gasteiger partial charge in [0.25, 0.3) is 0 Å². The number of amides is 1. The molecule has 6 nitrogen and oxygen atoms in total. The molecule has 2 aromatic rings. The molecule has 0 aromatic carbocycles. The quantitative estimate of drug-likeness (QED) is 0.913. The lowest BCUT2D eigenvalue weighted by molar-refractivity contribution is -0.121. The second-order valence-electron chi connectivity index (χ2n) is 5.82. The molecule has 120 valence electrons. The molecule has 0 bridgehead atoms. The van der Waals surface area contributed by atoms with Crippen LogP contribution in [0.1, 0.15) is 40.3 Å². The van der Waals surface area contributed by atoms with Crippen LogP contribution in [0.25, 0.3) is 0 Å². The molecule has 0 saturated heterocycles. The Bertz CT molecular complexity index is 638. The molecule has 0 spiro atoms. The molecule has 0 aliphatic carbocycles. The summed E-state index contributed by atoms with van der Waals surface area (Å²) < 4.78 is 3.71. The summed E-state index contributed by atoms with van der Waals surface area (Å²) in [4.78, 5) is 12.1. The zero-order valence-corrected chi connectivity index (χ0v) is 14.3. The van der Waals surface area contributed by atoms with E-state index in [9.17, 15) is 4.79 Å². The third-order valence-corrected chi connectivity index (χ3v) is 4.38. The van der Waals surface area contributed by atoms with Crippen molar-refractivity contribution in [2.75, 3.05) is 0 Å². The molecule has 2 heterocycles. The van der Waals surface area contributed by atoms with Gasteiger partial charge in [0, 0.05) is 44.0 Å². The number of nitrogens with zero attached hydrogens (tertiary/aromatic N) is 4. The third-order valence-electron chi connectivity index (χ3n) is 4.38. The lowest BCUT2D eigenvalue weighted by Crippen LogP contribution is -2.23. The minimum Gasteiger partial charge on any atom is -0.352 e. The molecule has 1 amide bonds. The number of aryl methyl sites for hydroxylation is 4. The number of rotatable bonds is 5. The van der Waals surface area contributed by atoms with Gasteiger partial charge in [0.05, 0.1) is 11.4 Å². The highest BCUT2D eigenvalue weighted by Crippen LogP contribution is 2.14. The van der Waals surface area contributed by atoms with Gasteiger partial charge >= 0.3 is 0 Å². The highest BCUT2D eigenvalue weighted by Gasteiger charge is 2.13. The first-order valence-corrected chi connectivity index (χ1v) is 7.56. The van der Waals surface area contributed by atoms with Crippen molar-refractivity contribution in [3.63, 3.8) is 0 Å². The van der Waals surface area contributed by atoms with E-state index in [1.165, 1.54) is 5.56 Å². The Morgan fingerprint density at radius 1 is 0.955 bits per heavy atom. The molecule has 0 fully saturated rings. The molecule has 0 radical (unpaired) electrons. The van der Waals surface area contributed by atoms with E-state index in [2.05, 4.69) is 15.5 Å². The van der Waals surface area contributed by atoms with Gasteiger partial charge in [0.1, 0.15) is 0 Å². The van der Waals surface area contributed by atoms with Crippen LogP contribution in [-0.4, -0.2) is 25.5 Å². The van der Waals surface area contributed by atoms with Crippen LogP contribution in [0, 0.1) is 27.7 Å². The standard InChI is InChI=1S/C16H25N5O/c1-10-14(12(3)20(5)18-10)7-8-16(22)17-9-15-11(2)19-21(6)13(15)4/h7-9H2,1-6H3,(H,17,22).